The Bertz CT molecular complexity index is 944. The van der Waals surface area contributed by atoms with Gasteiger partial charge in [-0.15, -0.1) is 0 Å². The van der Waals surface area contributed by atoms with Crippen molar-refractivity contribution >= 4 is 17.2 Å². The van der Waals surface area contributed by atoms with E-state index in [-0.39, 0.29) is 17.9 Å². The lowest BCUT2D eigenvalue weighted by Gasteiger charge is -2.11. The zero-order chi connectivity index (χ0) is 16.7. The van der Waals surface area contributed by atoms with Crippen molar-refractivity contribution in [3.05, 3.63) is 44.8 Å². The van der Waals surface area contributed by atoms with Gasteiger partial charge in [-0.05, 0) is 27.7 Å². The van der Waals surface area contributed by atoms with Crippen LogP contribution in [0, 0.1) is 27.7 Å². The van der Waals surface area contributed by atoms with Gasteiger partial charge in [0.2, 0.25) is 5.91 Å². The summed E-state index contributed by atoms with van der Waals surface area (Å²) in [7, 11) is 0. The zero-order valence-corrected chi connectivity index (χ0v) is 13.4. The van der Waals surface area contributed by atoms with Gasteiger partial charge in [-0.3, -0.25) is 14.7 Å². The maximum Gasteiger partial charge on any atom is 0.266 e. The summed E-state index contributed by atoms with van der Waals surface area (Å²) in [5, 5.41) is 9.29. The monoisotopic (exact) mass is 315 g/mol. The molecule has 8 heteroatoms. The fourth-order valence-electron chi connectivity index (χ4n) is 2.62. The quantitative estimate of drug-likeness (QED) is 0.760. The van der Waals surface area contributed by atoms with Crippen molar-refractivity contribution in [2.24, 2.45) is 0 Å². The van der Waals surface area contributed by atoms with Crippen LogP contribution in [-0.2, 0) is 11.2 Å². The van der Waals surface area contributed by atoms with Crippen molar-refractivity contribution < 1.29 is 9.32 Å². The van der Waals surface area contributed by atoms with E-state index in [0.717, 1.165) is 17.0 Å². The van der Waals surface area contributed by atoms with E-state index >= 15 is 0 Å². The molecule has 1 amide bonds. The molecule has 0 fully saturated rings. The summed E-state index contributed by atoms with van der Waals surface area (Å²) in [6.07, 6.45) is 0.144. The van der Waals surface area contributed by atoms with Crippen molar-refractivity contribution in [2.45, 2.75) is 34.1 Å². The van der Waals surface area contributed by atoms with Crippen LogP contribution in [0.25, 0.3) is 5.65 Å². The fraction of sp³-hybridized carbons (Fsp3) is 0.333. The number of carbonyl (C=O) groups is 1. The van der Waals surface area contributed by atoms with E-state index in [1.54, 1.807) is 18.4 Å². The average Bonchev–Trinajstić information content (AvgIpc) is 3.00. The minimum Gasteiger partial charge on any atom is -0.359 e. The summed E-state index contributed by atoms with van der Waals surface area (Å²) < 4.78 is 6.62. The second kappa shape index (κ2) is 5.38. The second-order valence-corrected chi connectivity index (χ2v) is 5.50. The summed E-state index contributed by atoms with van der Waals surface area (Å²) in [5.41, 5.74) is 3.81. The third-order valence-corrected chi connectivity index (χ3v) is 3.84. The molecule has 0 saturated carbocycles. The summed E-state index contributed by atoms with van der Waals surface area (Å²) in [6.45, 7) is 7.17. The molecule has 0 saturated heterocycles. The lowest BCUT2D eigenvalue weighted by Crippen LogP contribution is -2.18. The van der Waals surface area contributed by atoms with Gasteiger partial charge in [-0.2, -0.15) is 0 Å². The molecule has 0 atom stereocenters. The number of hydrogen-bond donors (Lipinski definition) is 2. The molecule has 0 radical (unpaired) electrons. The minimum atomic E-state index is -0.225. The topological polar surface area (TPSA) is 105 Å². The normalized spacial score (nSPS) is 11.1. The van der Waals surface area contributed by atoms with Crippen LogP contribution in [0.2, 0.25) is 0 Å². The van der Waals surface area contributed by atoms with Crippen LogP contribution < -0.4 is 10.9 Å². The Morgan fingerprint density at radius 1 is 1.30 bits per heavy atom. The highest BCUT2D eigenvalue weighted by atomic mass is 16.5. The first-order valence-electron chi connectivity index (χ1n) is 7.17. The highest BCUT2D eigenvalue weighted by Crippen LogP contribution is 2.20. The Hall–Kier alpha value is -2.90. The predicted molar refractivity (Wildman–Crippen MR) is 83.6 cm³/mol. The molecule has 0 unspecified atom stereocenters. The molecule has 3 aromatic heterocycles. The Labute approximate surface area is 131 Å². The second-order valence-electron chi connectivity index (χ2n) is 5.50. The Morgan fingerprint density at radius 2 is 2.04 bits per heavy atom. The SMILES string of the molecule is Cc1nc2cc(=O)[nH]n2c(C)c1CC(=O)Nc1c(C)noc1C. The van der Waals surface area contributed by atoms with Crippen molar-refractivity contribution in [2.75, 3.05) is 5.32 Å². The van der Waals surface area contributed by atoms with Gasteiger partial charge in [0.1, 0.15) is 11.4 Å². The maximum atomic E-state index is 12.3. The molecule has 120 valence electrons. The third kappa shape index (κ3) is 2.63. The molecule has 8 nitrogen and oxygen atoms in total. The highest BCUT2D eigenvalue weighted by molar-refractivity contribution is 5.93. The van der Waals surface area contributed by atoms with Crippen LogP contribution in [0.3, 0.4) is 0 Å². The van der Waals surface area contributed by atoms with Gasteiger partial charge in [-0.1, -0.05) is 5.16 Å². The number of nitrogens with zero attached hydrogens (tertiary/aromatic N) is 3. The van der Waals surface area contributed by atoms with Crippen LogP contribution in [0.15, 0.2) is 15.4 Å². The molecular weight excluding hydrogens is 298 g/mol. The number of fused-ring (bicyclic) bond motifs is 1. The number of aromatic nitrogens is 4. The number of carbonyl (C=O) groups excluding carboxylic acids is 1. The van der Waals surface area contributed by atoms with E-state index < -0.39 is 0 Å². The molecule has 0 aliphatic carbocycles. The van der Waals surface area contributed by atoms with Crippen molar-refractivity contribution in [3.8, 4) is 0 Å². The molecule has 3 aromatic rings. The largest absolute Gasteiger partial charge is 0.359 e. The highest BCUT2D eigenvalue weighted by Gasteiger charge is 2.17. The van der Waals surface area contributed by atoms with Crippen molar-refractivity contribution in [1.29, 1.82) is 0 Å². The maximum absolute atomic E-state index is 12.3. The van der Waals surface area contributed by atoms with E-state index in [2.05, 4.69) is 20.6 Å². The summed E-state index contributed by atoms with van der Waals surface area (Å²) in [5.74, 6) is 0.369. The minimum absolute atomic E-state index is 0.144. The molecule has 3 rings (SSSR count). The molecule has 0 aliphatic heterocycles. The molecule has 3 heterocycles. The number of rotatable bonds is 3. The number of H-pyrrole nitrogens is 1. The molecule has 0 aliphatic rings. The Morgan fingerprint density at radius 3 is 2.70 bits per heavy atom. The summed E-state index contributed by atoms with van der Waals surface area (Å²) >= 11 is 0. The molecule has 0 spiro atoms. The standard InChI is InChI=1S/C15H17N5O3/c1-7-11(9(3)20-12(16-7)6-14(22)18-20)5-13(21)17-15-8(2)19-23-10(15)4/h6H,5H2,1-4H3,(H,17,21)(H,18,22). The van der Waals surface area contributed by atoms with Crippen LogP contribution in [0.1, 0.15) is 28.4 Å². The Balaban J connectivity index is 1.92. The van der Waals surface area contributed by atoms with Crippen LogP contribution in [0.4, 0.5) is 5.69 Å². The molecular formula is C15H17N5O3. The first-order valence-corrected chi connectivity index (χ1v) is 7.17. The van der Waals surface area contributed by atoms with Crippen LogP contribution >= 0.6 is 0 Å². The van der Waals surface area contributed by atoms with Gasteiger partial charge in [0.25, 0.3) is 5.56 Å². The van der Waals surface area contributed by atoms with Gasteiger partial charge in [0, 0.05) is 23.0 Å². The molecule has 23 heavy (non-hydrogen) atoms. The van der Waals surface area contributed by atoms with E-state index in [9.17, 15) is 9.59 Å². The molecule has 2 N–H and O–H groups in total. The smallest absolute Gasteiger partial charge is 0.266 e. The van der Waals surface area contributed by atoms with Crippen LogP contribution in [-0.4, -0.2) is 25.7 Å². The number of amides is 1. The van der Waals surface area contributed by atoms with E-state index in [1.165, 1.54) is 6.07 Å². The lowest BCUT2D eigenvalue weighted by atomic mass is 10.1. The number of anilines is 1. The number of hydrogen-bond acceptors (Lipinski definition) is 5. The predicted octanol–water partition coefficient (Wildman–Crippen LogP) is 1.43. The summed E-state index contributed by atoms with van der Waals surface area (Å²) in [6, 6.07) is 1.42. The van der Waals surface area contributed by atoms with Crippen molar-refractivity contribution in [1.82, 2.24) is 19.8 Å². The Kier molecular flexibility index (Phi) is 3.51. The first kappa shape index (κ1) is 15.0. The number of aryl methyl sites for hydroxylation is 4. The molecule has 0 bridgehead atoms. The molecule has 0 aromatic carbocycles. The van der Waals surface area contributed by atoms with E-state index in [0.29, 0.717) is 22.8 Å². The fourth-order valence-corrected chi connectivity index (χ4v) is 2.62. The number of aromatic amines is 1. The first-order chi connectivity index (χ1) is 10.9. The number of nitrogens with one attached hydrogen (secondary N) is 2. The van der Waals surface area contributed by atoms with Gasteiger partial charge in [-0.25, -0.2) is 9.50 Å². The lowest BCUT2D eigenvalue weighted by molar-refractivity contribution is -0.115. The van der Waals surface area contributed by atoms with Gasteiger partial charge in [0.05, 0.1) is 6.42 Å². The summed E-state index contributed by atoms with van der Waals surface area (Å²) in [4.78, 5) is 28.2. The third-order valence-electron chi connectivity index (χ3n) is 3.84. The van der Waals surface area contributed by atoms with E-state index in [1.807, 2.05) is 13.8 Å². The van der Waals surface area contributed by atoms with Gasteiger partial charge in [0.15, 0.2) is 11.4 Å². The average molecular weight is 315 g/mol. The van der Waals surface area contributed by atoms with Gasteiger partial charge >= 0.3 is 0 Å². The van der Waals surface area contributed by atoms with Crippen molar-refractivity contribution in [3.63, 3.8) is 0 Å². The van der Waals surface area contributed by atoms with Crippen LogP contribution in [0.5, 0.6) is 0 Å². The van der Waals surface area contributed by atoms with E-state index in [4.69, 9.17) is 4.52 Å². The van der Waals surface area contributed by atoms with Gasteiger partial charge < -0.3 is 9.84 Å². The zero-order valence-electron chi connectivity index (χ0n) is 13.4.